The van der Waals surface area contributed by atoms with Crippen LogP contribution in [0.2, 0.25) is 10.0 Å². The van der Waals surface area contributed by atoms with E-state index in [2.05, 4.69) is 0 Å². The fraction of sp³-hybridized carbons (Fsp3) is 0.103. The Kier molecular flexibility index (Phi) is 6.75. The number of para-hydroxylation sites is 1. The average Bonchev–Trinajstić information content (AvgIpc) is 3.47. The summed E-state index contributed by atoms with van der Waals surface area (Å²) in [6, 6.07) is 27.1. The Balaban J connectivity index is 1.35. The number of nitrogens with zero attached hydrogens (tertiary/aromatic N) is 2. The zero-order valence-corrected chi connectivity index (χ0v) is 22.9. The Morgan fingerprint density at radius 1 is 0.725 bits per heavy atom. The Morgan fingerprint density at radius 2 is 1.38 bits per heavy atom. The summed E-state index contributed by atoms with van der Waals surface area (Å²) < 4.78 is 30.6. The lowest BCUT2D eigenvalue weighted by Gasteiger charge is -2.29. The van der Waals surface area contributed by atoms with Gasteiger partial charge in [0.1, 0.15) is 16.6 Å². The van der Waals surface area contributed by atoms with Crippen LogP contribution in [-0.2, 0) is 24.5 Å². The molecule has 8 nitrogen and oxygen atoms in total. The molecule has 0 unspecified atom stereocenters. The number of rotatable bonds is 6. The molecule has 4 aromatic rings. The molecule has 202 valence electrons. The topological polar surface area (TPSA) is 93.2 Å². The van der Waals surface area contributed by atoms with E-state index in [1.165, 1.54) is 36.4 Å². The van der Waals surface area contributed by atoms with Crippen molar-refractivity contribution in [1.82, 2.24) is 0 Å². The van der Waals surface area contributed by atoms with Gasteiger partial charge in [0.05, 0.1) is 27.5 Å². The highest BCUT2D eigenvalue weighted by atomic mass is 35.5. The summed E-state index contributed by atoms with van der Waals surface area (Å²) in [6.45, 7) is 0. The van der Waals surface area contributed by atoms with Gasteiger partial charge in [0.25, 0.3) is 5.91 Å². The van der Waals surface area contributed by atoms with Crippen molar-refractivity contribution >= 4 is 56.5 Å². The van der Waals surface area contributed by atoms with Gasteiger partial charge in [-0.05, 0) is 60.2 Å². The molecule has 6 rings (SSSR count). The van der Waals surface area contributed by atoms with Gasteiger partial charge in [-0.25, -0.2) is 9.96 Å². The minimum absolute atomic E-state index is 0.0267. The number of hydrogen-bond donors (Lipinski definition) is 0. The molecule has 0 radical (unpaired) electrons. The first-order valence-electron chi connectivity index (χ1n) is 12.2. The van der Waals surface area contributed by atoms with Crippen LogP contribution in [0, 0.1) is 5.92 Å². The molecule has 0 aliphatic carbocycles. The van der Waals surface area contributed by atoms with Gasteiger partial charge in [-0.15, -0.1) is 0 Å². The van der Waals surface area contributed by atoms with Crippen LogP contribution in [0.1, 0.15) is 11.6 Å². The molecule has 11 heteroatoms. The van der Waals surface area contributed by atoms with Crippen LogP contribution in [0.25, 0.3) is 0 Å². The van der Waals surface area contributed by atoms with E-state index in [4.69, 9.17) is 32.2 Å². The van der Waals surface area contributed by atoms with Gasteiger partial charge >= 0.3 is 10.1 Å². The highest BCUT2D eigenvalue weighted by molar-refractivity contribution is 7.87. The van der Waals surface area contributed by atoms with E-state index in [-0.39, 0.29) is 15.7 Å². The molecule has 2 amide bonds. The normalized spacial score (nSPS) is 20.6. The number of carbonyl (C=O) groups is 2. The summed E-state index contributed by atoms with van der Waals surface area (Å²) >= 11 is 12.2. The van der Waals surface area contributed by atoms with Gasteiger partial charge in [0.2, 0.25) is 5.91 Å². The zero-order chi connectivity index (χ0) is 28.0. The summed E-state index contributed by atoms with van der Waals surface area (Å²) in [5.41, 5.74) is 1.57. The van der Waals surface area contributed by atoms with Crippen molar-refractivity contribution in [3.8, 4) is 5.75 Å². The number of carbonyl (C=O) groups excluding carboxylic acids is 2. The van der Waals surface area contributed by atoms with Gasteiger partial charge in [-0.3, -0.25) is 14.4 Å². The van der Waals surface area contributed by atoms with Gasteiger partial charge in [0, 0.05) is 0 Å². The predicted octanol–water partition coefficient (Wildman–Crippen LogP) is 5.81. The van der Waals surface area contributed by atoms with Crippen LogP contribution in [0.15, 0.2) is 108 Å². The molecule has 2 aliphatic heterocycles. The third-order valence-electron chi connectivity index (χ3n) is 6.75. The Morgan fingerprint density at radius 3 is 2.02 bits per heavy atom. The second-order valence-corrected chi connectivity index (χ2v) is 11.5. The number of hydrogen-bond acceptors (Lipinski definition) is 7. The summed E-state index contributed by atoms with van der Waals surface area (Å²) in [5, 5.41) is 2.06. The Bertz CT molecular complexity index is 1700. The van der Waals surface area contributed by atoms with Crippen LogP contribution >= 0.6 is 23.2 Å². The lowest BCUT2D eigenvalue weighted by molar-refractivity contribution is -0.126. The maximum Gasteiger partial charge on any atom is 0.339 e. The van der Waals surface area contributed by atoms with E-state index >= 15 is 0 Å². The third-order valence-corrected chi connectivity index (χ3v) is 8.75. The molecule has 0 spiro atoms. The van der Waals surface area contributed by atoms with E-state index in [0.29, 0.717) is 22.0 Å². The minimum atomic E-state index is -4.03. The van der Waals surface area contributed by atoms with Crippen LogP contribution in [0.4, 0.5) is 11.4 Å². The van der Waals surface area contributed by atoms with E-state index in [1.54, 1.807) is 41.5 Å². The number of fused-ring (bicyclic) bond motifs is 1. The fourth-order valence-electron chi connectivity index (χ4n) is 4.91. The van der Waals surface area contributed by atoms with Crippen molar-refractivity contribution < 1.29 is 27.0 Å². The van der Waals surface area contributed by atoms with Gasteiger partial charge in [-0.2, -0.15) is 8.42 Å². The van der Waals surface area contributed by atoms with Crippen LogP contribution in [-0.4, -0.2) is 26.3 Å². The fourth-order valence-corrected chi connectivity index (χ4v) is 6.16. The average molecular weight is 595 g/mol. The molecule has 0 aromatic heterocycles. The standard InChI is InChI=1S/C29H20Cl2N2O6S/c30-23-16-13-20(17-24(23)31)32-28(34)25-26(33(38-27(25)29(32)35)19-7-3-1-4-8-19)18-11-14-21(15-12-18)39-40(36,37)22-9-5-2-6-10-22/h1-17,25-27H/t25-,26-,27-/m1/s1. The number of benzene rings is 4. The zero-order valence-electron chi connectivity index (χ0n) is 20.6. The lowest BCUT2D eigenvalue weighted by atomic mass is 9.90. The summed E-state index contributed by atoms with van der Waals surface area (Å²) in [7, 11) is -4.03. The maximum atomic E-state index is 13.8. The molecule has 2 saturated heterocycles. The van der Waals surface area contributed by atoms with Crippen molar-refractivity contribution in [3.05, 3.63) is 119 Å². The third kappa shape index (κ3) is 4.61. The van der Waals surface area contributed by atoms with Gasteiger partial charge < -0.3 is 4.18 Å². The van der Waals surface area contributed by atoms with Crippen LogP contribution in [0.5, 0.6) is 5.75 Å². The van der Waals surface area contributed by atoms with Crippen LogP contribution < -0.4 is 14.1 Å². The van der Waals surface area contributed by atoms with Crippen molar-refractivity contribution in [2.45, 2.75) is 17.0 Å². The largest absolute Gasteiger partial charge is 0.379 e. The molecule has 40 heavy (non-hydrogen) atoms. The first kappa shape index (κ1) is 26.3. The molecule has 0 N–H and O–H groups in total. The minimum Gasteiger partial charge on any atom is -0.379 e. The summed E-state index contributed by atoms with van der Waals surface area (Å²) in [6.07, 6.45) is -1.08. The monoisotopic (exact) mass is 594 g/mol. The highest BCUT2D eigenvalue weighted by Crippen LogP contribution is 2.48. The smallest absolute Gasteiger partial charge is 0.339 e. The maximum absolute atomic E-state index is 13.8. The second-order valence-electron chi connectivity index (χ2n) is 9.19. The number of halogens is 2. The van der Waals surface area contributed by atoms with Crippen molar-refractivity contribution in [2.24, 2.45) is 5.92 Å². The van der Waals surface area contributed by atoms with E-state index in [1.807, 2.05) is 30.3 Å². The molecule has 4 aromatic carbocycles. The van der Waals surface area contributed by atoms with Crippen molar-refractivity contribution in [2.75, 3.05) is 9.96 Å². The molecular formula is C29H20Cl2N2O6S. The van der Waals surface area contributed by atoms with E-state index < -0.39 is 40.0 Å². The molecule has 2 fully saturated rings. The lowest BCUT2D eigenvalue weighted by Crippen LogP contribution is -2.37. The molecular weight excluding hydrogens is 575 g/mol. The highest BCUT2D eigenvalue weighted by Gasteiger charge is 2.60. The molecule has 2 aliphatic rings. The SMILES string of the molecule is O=C1[C@@H]2[C@@H](c3ccc(OS(=O)(=O)c4ccccc4)cc3)N(c3ccccc3)O[C@H]2C(=O)N1c1ccc(Cl)c(Cl)c1. The Labute approximate surface area is 240 Å². The number of hydroxylamine groups is 1. The quantitative estimate of drug-likeness (QED) is 0.205. The number of amides is 2. The summed E-state index contributed by atoms with van der Waals surface area (Å²) in [5.74, 6) is -1.77. The predicted molar refractivity (Wildman–Crippen MR) is 150 cm³/mol. The Hall–Kier alpha value is -3.89. The second kappa shape index (κ2) is 10.3. The number of imide groups is 1. The molecule has 3 atom stereocenters. The van der Waals surface area contributed by atoms with Gasteiger partial charge in [-0.1, -0.05) is 71.7 Å². The summed E-state index contributed by atoms with van der Waals surface area (Å²) in [4.78, 5) is 34.5. The molecule has 0 bridgehead atoms. The van der Waals surface area contributed by atoms with Crippen molar-refractivity contribution in [1.29, 1.82) is 0 Å². The molecule has 0 saturated carbocycles. The number of anilines is 2. The van der Waals surface area contributed by atoms with Gasteiger partial charge in [0.15, 0.2) is 6.10 Å². The molecule has 2 heterocycles. The first-order chi connectivity index (χ1) is 19.2. The van der Waals surface area contributed by atoms with Crippen molar-refractivity contribution in [3.63, 3.8) is 0 Å². The first-order valence-corrected chi connectivity index (χ1v) is 14.3. The van der Waals surface area contributed by atoms with E-state index in [0.717, 1.165) is 4.90 Å². The van der Waals surface area contributed by atoms with E-state index in [9.17, 15) is 18.0 Å². The van der Waals surface area contributed by atoms with Crippen LogP contribution in [0.3, 0.4) is 0 Å².